The second-order valence-electron chi connectivity index (χ2n) is 3.10. The van der Waals surface area contributed by atoms with Crippen LogP contribution >= 0.6 is 0 Å². The summed E-state index contributed by atoms with van der Waals surface area (Å²) >= 11 is 0. The van der Waals surface area contributed by atoms with Gasteiger partial charge in [0.15, 0.2) is 0 Å². The molecule has 0 N–H and O–H groups in total. The predicted molar refractivity (Wildman–Crippen MR) is 52.1 cm³/mol. The normalized spacial score (nSPS) is 14.1. The molecule has 2 radical (unpaired) electrons. The molecule has 0 heterocycles. The molecular weight excluding hydrogens is 132 g/mol. The van der Waals surface area contributed by atoms with E-state index in [0.717, 1.165) is 18.8 Å². The van der Waals surface area contributed by atoms with Crippen molar-refractivity contribution in [3.05, 3.63) is 26.0 Å². The molecule has 0 spiro atoms. The van der Waals surface area contributed by atoms with Crippen LogP contribution in [0.2, 0.25) is 0 Å². The Balaban J connectivity index is 3.21. The molecule has 0 saturated carbocycles. The van der Waals surface area contributed by atoms with Gasteiger partial charge in [0.2, 0.25) is 0 Å². The molecule has 0 heteroatoms. The van der Waals surface area contributed by atoms with Crippen LogP contribution in [0.25, 0.3) is 0 Å². The molecule has 0 aromatic heterocycles. The number of unbranched alkanes of at least 4 members (excludes halogenated alkanes) is 1. The summed E-state index contributed by atoms with van der Waals surface area (Å²) in [5, 5.41) is 0. The lowest BCUT2D eigenvalue weighted by atomic mass is 10.0. The summed E-state index contributed by atoms with van der Waals surface area (Å²) in [6.07, 6.45) is 10.1. The Bertz CT molecular complexity index is 92.2. The van der Waals surface area contributed by atoms with Gasteiger partial charge in [0, 0.05) is 0 Å². The third-order valence-electron chi connectivity index (χ3n) is 1.82. The first-order valence-electron chi connectivity index (χ1n) is 4.54. The quantitative estimate of drug-likeness (QED) is 0.508. The van der Waals surface area contributed by atoms with E-state index in [4.69, 9.17) is 0 Å². The van der Waals surface area contributed by atoms with Gasteiger partial charge in [-0.2, -0.15) is 0 Å². The molecule has 0 nitrogen and oxygen atoms in total. The largest absolute Gasteiger partial charge is 0.0885 e. The minimum absolute atomic E-state index is 0.819. The zero-order valence-electron chi connectivity index (χ0n) is 7.68. The van der Waals surface area contributed by atoms with Crippen LogP contribution in [-0.2, 0) is 0 Å². The molecular formula is C11H20. The minimum atomic E-state index is 0.819. The van der Waals surface area contributed by atoms with Crippen molar-refractivity contribution >= 4 is 0 Å². The Morgan fingerprint density at radius 2 is 2.00 bits per heavy atom. The van der Waals surface area contributed by atoms with Crippen LogP contribution < -0.4 is 0 Å². The summed E-state index contributed by atoms with van der Waals surface area (Å²) in [4.78, 5) is 0. The van der Waals surface area contributed by atoms with Crippen molar-refractivity contribution < 1.29 is 0 Å². The van der Waals surface area contributed by atoms with Crippen molar-refractivity contribution in [1.29, 1.82) is 0 Å². The first-order valence-corrected chi connectivity index (χ1v) is 4.54. The van der Waals surface area contributed by atoms with Crippen LogP contribution in [0.1, 0.15) is 39.0 Å². The highest BCUT2D eigenvalue weighted by Gasteiger charge is 1.96. The maximum Gasteiger partial charge on any atom is -0.0325 e. The third-order valence-corrected chi connectivity index (χ3v) is 1.82. The molecule has 0 aliphatic carbocycles. The summed E-state index contributed by atoms with van der Waals surface area (Å²) in [6.45, 7) is 9.87. The van der Waals surface area contributed by atoms with Crippen LogP contribution in [0.4, 0.5) is 0 Å². The van der Waals surface area contributed by atoms with Gasteiger partial charge in [-0.1, -0.05) is 45.3 Å². The van der Waals surface area contributed by atoms with E-state index in [-0.39, 0.29) is 0 Å². The van der Waals surface area contributed by atoms with Crippen molar-refractivity contribution in [3.63, 3.8) is 0 Å². The van der Waals surface area contributed by atoms with Crippen molar-refractivity contribution in [2.75, 3.05) is 0 Å². The van der Waals surface area contributed by atoms with Gasteiger partial charge >= 0.3 is 0 Å². The summed E-state index contributed by atoms with van der Waals surface area (Å²) in [5.74, 6) is 0.819. The molecule has 0 aliphatic rings. The SMILES string of the molecule is [CH2]C/C=C/CC(C)CCC[CH2]. The molecule has 0 aromatic carbocycles. The lowest BCUT2D eigenvalue weighted by molar-refractivity contribution is 0.518. The van der Waals surface area contributed by atoms with E-state index in [1.54, 1.807) is 0 Å². The Hall–Kier alpha value is -0.260. The fourth-order valence-electron chi connectivity index (χ4n) is 1.06. The highest BCUT2D eigenvalue weighted by molar-refractivity contribution is 4.83. The van der Waals surface area contributed by atoms with Gasteiger partial charge in [0.25, 0.3) is 0 Å². The molecule has 0 bridgehead atoms. The first kappa shape index (κ1) is 10.7. The Kier molecular flexibility index (Phi) is 7.66. The van der Waals surface area contributed by atoms with Gasteiger partial charge in [-0.3, -0.25) is 0 Å². The lowest BCUT2D eigenvalue weighted by Crippen LogP contribution is -1.91. The topological polar surface area (TPSA) is 0 Å². The Labute approximate surface area is 71.7 Å². The van der Waals surface area contributed by atoms with Crippen LogP contribution in [0.3, 0.4) is 0 Å². The van der Waals surface area contributed by atoms with Crippen molar-refractivity contribution in [3.8, 4) is 0 Å². The molecule has 64 valence electrons. The molecule has 1 atom stereocenters. The van der Waals surface area contributed by atoms with Gasteiger partial charge in [-0.25, -0.2) is 0 Å². The molecule has 0 amide bonds. The molecule has 0 aliphatic heterocycles. The maximum absolute atomic E-state index is 3.83. The van der Waals surface area contributed by atoms with Crippen LogP contribution in [-0.4, -0.2) is 0 Å². The van der Waals surface area contributed by atoms with E-state index in [2.05, 4.69) is 32.9 Å². The summed E-state index contributed by atoms with van der Waals surface area (Å²) in [5.41, 5.74) is 0. The van der Waals surface area contributed by atoms with E-state index in [0.29, 0.717) is 0 Å². The highest BCUT2D eigenvalue weighted by atomic mass is 14.0. The second kappa shape index (κ2) is 7.84. The van der Waals surface area contributed by atoms with E-state index in [9.17, 15) is 0 Å². The van der Waals surface area contributed by atoms with E-state index in [1.807, 2.05) is 0 Å². The molecule has 0 fully saturated rings. The van der Waals surface area contributed by atoms with Crippen molar-refractivity contribution in [1.82, 2.24) is 0 Å². The predicted octanol–water partition coefficient (Wildman–Crippen LogP) is 3.80. The van der Waals surface area contributed by atoms with Crippen LogP contribution in [0, 0.1) is 19.8 Å². The number of hydrogen-bond acceptors (Lipinski definition) is 0. The number of rotatable bonds is 6. The number of hydrogen-bond donors (Lipinski definition) is 0. The Morgan fingerprint density at radius 3 is 2.55 bits per heavy atom. The van der Waals surface area contributed by atoms with E-state index >= 15 is 0 Å². The smallest absolute Gasteiger partial charge is 0.0325 e. The molecule has 11 heavy (non-hydrogen) atoms. The molecule has 0 saturated heterocycles. The third kappa shape index (κ3) is 7.64. The average Bonchev–Trinajstić information content (AvgIpc) is 2.01. The standard InChI is InChI=1S/C11H20/c1-4-6-8-10-11(3)9-7-5-2/h6,8,11H,1-2,4-5,7,9-10H2,3H3/b8-6+. The monoisotopic (exact) mass is 152 g/mol. The van der Waals surface area contributed by atoms with Gasteiger partial charge in [0.05, 0.1) is 0 Å². The highest BCUT2D eigenvalue weighted by Crippen LogP contribution is 2.11. The molecule has 1 unspecified atom stereocenters. The molecule has 0 rings (SSSR count). The molecule has 0 aromatic rings. The lowest BCUT2D eigenvalue weighted by Gasteiger charge is -2.05. The van der Waals surface area contributed by atoms with E-state index < -0.39 is 0 Å². The van der Waals surface area contributed by atoms with E-state index in [1.165, 1.54) is 19.3 Å². The summed E-state index contributed by atoms with van der Waals surface area (Å²) in [6, 6.07) is 0. The van der Waals surface area contributed by atoms with Gasteiger partial charge < -0.3 is 0 Å². The maximum atomic E-state index is 3.83. The average molecular weight is 152 g/mol. The summed E-state index contributed by atoms with van der Waals surface area (Å²) in [7, 11) is 0. The van der Waals surface area contributed by atoms with Crippen LogP contribution in [0.5, 0.6) is 0 Å². The first-order chi connectivity index (χ1) is 5.31. The zero-order chi connectivity index (χ0) is 8.53. The fraction of sp³-hybridized carbons (Fsp3) is 0.636. The van der Waals surface area contributed by atoms with Gasteiger partial charge in [-0.15, -0.1) is 0 Å². The van der Waals surface area contributed by atoms with Gasteiger partial charge in [0.1, 0.15) is 0 Å². The fourth-order valence-corrected chi connectivity index (χ4v) is 1.06. The van der Waals surface area contributed by atoms with Crippen LogP contribution in [0.15, 0.2) is 12.2 Å². The Morgan fingerprint density at radius 1 is 1.27 bits per heavy atom. The second-order valence-corrected chi connectivity index (χ2v) is 3.10. The minimum Gasteiger partial charge on any atom is -0.0885 e. The summed E-state index contributed by atoms with van der Waals surface area (Å²) < 4.78 is 0. The van der Waals surface area contributed by atoms with Gasteiger partial charge in [-0.05, 0) is 25.7 Å². The number of allylic oxidation sites excluding steroid dienone is 2. The van der Waals surface area contributed by atoms with Crippen molar-refractivity contribution in [2.24, 2.45) is 5.92 Å². The van der Waals surface area contributed by atoms with Crippen molar-refractivity contribution in [2.45, 2.75) is 39.0 Å². The zero-order valence-corrected chi connectivity index (χ0v) is 7.68.